The van der Waals surface area contributed by atoms with Crippen molar-refractivity contribution in [2.75, 3.05) is 0 Å². The monoisotopic (exact) mass is 400 g/mol. The van der Waals surface area contributed by atoms with Gasteiger partial charge in [-0.05, 0) is 79.5 Å². The van der Waals surface area contributed by atoms with Crippen LogP contribution in [0, 0.1) is 23.4 Å². The van der Waals surface area contributed by atoms with Crippen LogP contribution >= 0.6 is 0 Å². The van der Waals surface area contributed by atoms with Crippen LogP contribution in [0.2, 0.25) is 0 Å². The number of benzene rings is 2. The van der Waals surface area contributed by atoms with E-state index in [4.69, 9.17) is 0 Å². The average Bonchev–Trinajstić information content (AvgIpc) is 2.74. The summed E-state index contributed by atoms with van der Waals surface area (Å²) in [5, 5.41) is 0. The number of allylic oxidation sites excluding steroid dienone is 1. The van der Waals surface area contributed by atoms with Gasteiger partial charge < -0.3 is 0 Å². The van der Waals surface area contributed by atoms with Crippen LogP contribution in [0.5, 0.6) is 0 Å². The molecule has 0 nitrogen and oxygen atoms in total. The molecule has 0 unspecified atom stereocenters. The normalized spacial score (nSPS) is 19.8. The van der Waals surface area contributed by atoms with Crippen LogP contribution < -0.4 is 0 Å². The molecule has 0 heterocycles. The Labute approximate surface area is 172 Å². The second-order valence-electron chi connectivity index (χ2n) is 8.23. The van der Waals surface area contributed by atoms with Crippen molar-refractivity contribution < 1.29 is 13.2 Å². The van der Waals surface area contributed by atoms with Crippen LogP contribution in [0.1, 0.15) is 80.5 Å². The quantitative estimate of drug-likeness (QED) is 0.442. The molecule has 0 saturated heterocycles. The molecule has 0 N–H and O–H groups in total. The summed E-state index contributed by atoms with van der Waals surface area (Å²) in [5.41, 5.74) is 2.61. The third-order valence-electron chi connectivity index (χ3n) is 6.22. The molecule has 2 aromatic carbocycles. The molecule has 0 radical (unpaired) electrons. The average molecular weight is 401 g/mol. The predicted octanol–water partition coefficient (Wildman–Crippen LogP) is 8.00. The minimum atomic E-state index is -0.663. The van der Waals surface area contributed by atoms with Gasteiger partial charge in [-0.15, -0.1) is 0 Å². The highest BCUT2D eigenvalue weighted by Gasteiger charge is 2.25. The zero-order valence-corrected chi connectivity index (χ0v) is 17.5. The zero-order valence-electron chi connectivity index (χ0n) is 17.5. The summed E-state index contributed by atoms with van der Waals surface area (Å²) in [7, 11) is 0. The fraction of sp³-hybridized carbons (Fsp3) is 0.462. The Kier molecular flexibility index (Phi) is 7.57. The van der Waals surface area contributed by atoms with E-state index in [1.165, 1.54) is 0 Å². The highest BCUT2D eigenvalue weighted by Crippen LogP contribution is 2.38. The van der Waals surface area contributed by atoms with Crippen LogP contribution in [0.4, 0.5) is 13.2 Å². The number of halogens is 3. The van der Waals surface area contributed by atoms with E-state index in [0.29, 0.717) is 29.0 Å². The zero-order chi connectivity index (χ0) is 20.8. The Morgan fingerprint density at radius 1 is 0.931 bits per heavy atom. The van der Waals surface area contributed by atoms with Gasteiger partial charge in [0.1, 0.15) is 5.82 Å². The van der Waals surface area contributed by atoms with Crippen LogP contribution in [0.25, 0.3) is 6.08 Å². The van der Waals surface area contributed by atoms with Gasteiger partial charge in [-0.2, -0.15) is 0 Å². The van der Waals surface area contributed by atoms with Crippen molar-refractivity contribution >= 4 is 6.08 Å². The standard InChI is InChI=1S/C26H31F3/c1-3-5-6-22-15-16-23(26(29)25(22)28)20-11-8-19(9-12-20)10-14-21-13-7-18(4-2)17-24(21)27/h7,10,13-17,19-20H,3-6,8-9,11-12H2,1-2H3/b14-10+. The first-order valence-corrected chi connectivity index (χ1v) is 11.0. The predicted molar refractivity (Wildman–Crippen MR) is 114 cm³/mol. The van der Waals surface area contributed by atoms with E-state index in [9.17, 15) is 13.2 Å². The van der Waals surface area contributed by atoms with Gasteiger partial charge in [0.2, 0.25) is 0 Å². The molecule has 1 fully saturated rings. The number of hydrogen-bond donors (Lipinski definition) is 0. The van der Waals surface area contributed by atoms with Gasteiger partial charge in [-0.25, -0.2) is 13.2 Å². The van der Waals surface area contributed by atoms with E-state index in [0.717, 1.165) is 50.5 Å². The molecule has 0 aliphatic heterocycles. The van der Waals surface area contributed by atoms with Crippen LogP contribution in [-0.4, -0.2) is 0 Å². The molecule has 0 bridgehead atoms. The van der Waals surface area contributed by atoms with Gasteiger partial charge in [-0.1, -0.05) is 56.7 Å². The summed E-state index contributed by atoms with van der Waals surface area (Å²) < 4.78 is 43.2. The molecule has 2 aromatic rings. The first kappa shape index (κ1) is 21.7. The largest absolute Gasteiger partial charge is 0.206 e. The van der Waals surface area contributed by atoms with Crippen molar-refractivity contribution in [3.05, 3.63) is 76.1 Å². The molecule has 0 spiro atoms. The maximum atomic E-state index is 14.6. The molecule has 3 rings (SSSR count). The summed E-state index contributed by atoms with van der Waals surface area (Å²) in [6, 6.07) is 8.93. The van der Waals surface area contributed by atoms with Crippen LogP contribution in [-0.2, 0) is 12.8 Å². The molecule has 156 valence electrons. The second kappa shape index (κ2) is 10.1. The number of hydrogen-bond acceptors (Lipinski definition) is 0. The van der Waals surface area contributed by atoms with E-state index in [1.807, 2.05) is 32.1 Å². The number of aryl methyl sites for hydroxylation is 2. The van der Waals surface area contributed by atoms with Gasteiger partial charge in [-0.3, -0.25) is 0 Å². The van der Waals surface area contributed by atoms with E-state index < -0.39 is 11.6 Å². The Morgan fingerprint density at radius 3 is 2.34 bits per heavy atom. The molecule has 0 aromatic heterocycles. The fourth-order valence-corrected chi connectivity index (χ4v) is 4.27. The lowest BCUT2D eigenvalue weighted by molar-refractivity contribution is 0.364. The molecule has 1 aliphatic rings. The van der Waals surface area contributed by atoms with Gasteiger partial charge >= 0.3 is 0 Å². The van der Waals surface area contributed by atoms with E-state index >= 15 is 0 Å². The molecule has 1 saturated carbocycles. The van der Waals surface area contributed by atoms with Gasteiger partial charge in [0.25, 0.3) is 0 Å². The molecule has 3 heteroatoms. The fourth-order valence-electron chi connectivity index (χ4n) is 4.27. The summed E-state index contributed by atoms with van der Waals surface area (Å²) in [5.74, 6) is -1.09. The van der Waals surface area contributed by atoms with Gasteiger partial charge in [0.15, 0.2) is 11.6 Å². The minimum absolute atomic E-state index is 0.0648. The van der Waals surface area contributed by atoms with E-state index in [-0.39, 0.29) is 11.7 Å². The lowest BCUT2D eigenvalue weighted by Crippen LogP contribution is -2.14. The number of unbranched alkanes of at least 4 members (excludes halogenated alkanes) is 1. The lowest BCUT2D eigenvalue weighted by atomic mass is 9.78. The Hall–Kier alpha value is -2.03. The Balaban J connectivity index is 1.61. The van der Waals surface area contributed by atoms with Crippen LogP contribution in [0.15, 0.2) is 36.4 Å². The summed E-state index contributed by atoms with van der Waals surface area (Å²) in [4.78, 5) is 0. The van der Waals surface area contributed by atoms with Gasteiger partial charge in [0, 0.05) is 5.56 Å². The van der Waals surface area contributed by atoms with Gasteiger partial charge in [0.05, 0.1) is 0 Å². The van der Waals surface area contributed by atoms with Crippen molar-refractivity contribution in [2.45, 2.75) is 71.1 Å². The first-order chi connectivity index (χ1) is 14.0. The Morgan fingerprint density at radius 2 is 1.69 bits per heavy atom. The molecular weight excluding hydrogens is 369 g/mol. The highest BCUT2D eigenvalue weighted by atomic mass is 19.2. The lowest BCUT2D eigenvalue weighted by Gasteiger charge is -2.27. The second-order valence-corrected chi connectivity index (χ2v) is 8.23. The topological polar surface area (TPSA) is 0 Å². The van der Waals surface area contributed by atoms with E-state index in [1.54, 1.807) is 18.2 Å². The maximum Gasteiger partial charge on any atom is 0.162 e. The Bertz CT molecular complexity index is 845. The summed E-state index contributed by atoms with van der Waals surface area (Å²) in [6.07, 6.45) is 10.7. The summed E-state index contributed by atoms with van der Waals surface area (Å²) in [6.45, 7) is 4.06. The molecule has 0 atom stereocenters. The highest BCUT2D eigenvalue weighted by molar-refractivity contribution is 5.51. The number of rotatable bonds is 7. The third kappa shape index (κ3) is 5.32. The molecule has 1 aliphatic carbocycles. The smallest absolute Gasteiger partial charge is 0.162 e. The third-order valence-corrected chi connectivity index (χ3v) is 6.22. The minimum Gasteiger partial charge on any atom is -0.206 e. The van der Waals surface area contributed by atoms with Crippen molar-refractivity contribution in [3.8, 4) is 0 Å². The SMILES string of the molecule is CCCCc1ccc(C2CCC(/C=C/c3ccc(CC)cc3F)CC2)c(F)c1F. The van der Waals surface area contributed by atoms with Crippen molar-refractivity contribution in [2.24, 2.45) is 5.92 Å². The summed E-state index contributed by atoms with van der Waals surface area (Å²) >= 11 is 0. The molecule has 29 heavy (non-hydrogen) atoms. The first-order valence-electron chi connectivity index (χ1n) is 11.0. The van der Waals surface area contributed by atoms with Crippen LogP contribution in [0.3, 0.4) is 0 Å². The van der Waals surface area contributed by atoms with Crippen molar-refractivity contribution in [1.29, 1.82) is 0 Å². The van der Waals surface area contributed by atoms with Crippen molar-refractivity contribution in [3.63, 3.8) is 0 Å². The molecule has 0 amide bonds. The van der Waals surface area contributed by atoms with Crippen molar-refractivity contribution in [1.82, 2.24) is 0 Å². The van der Waals surface area contributed by atoms with E-state index in [2.05, 4.69) is 6.08 Å². The molecular formula is C26H31F3. The maximum absolute atomic E-state index is 14.6.